The number of ether oxygens (including phenoxy) is 1. The quantitative estimate of drug-likeness (QED) is 0.631. The predicted molar refractivity (Wildman–Crippen MR) is 61.9 cm³/mol. The summed E-state index contributed by atoms with van der Waals surface area (Å²) in [5.74, 6) is 0.0578. The maximum absolute atomic E-state index is 11.5. The first-order valence-corrected chi connectivity index (χ1v) is 5.43. The molecule has 0 spiro atoms. The van der Waals surface area contributed by atoms with Crippen LogP contribution in [0.1, 0.15) is 20.3 Å². The van der Waals surface area contributed by atoms with Crippen LogP contribution < -0.4 is 0 Å². The highest BCUT2D eigenvalue weighted by molar-refractivity contribution is 5.77. The lowest BCUT2D eigenvalue weighted by atomic mass is 10.3. The highest BCUT2D eigenvalue weighted by atomic mass is 16.5. The summed E-state index contributed by atoms with van der Waals surface area (Å²) >= 11 is 0. The first-order valence-electron chi connectivity index (χ1n) is 5.43. The molecule has 0 fully saturated rings. The number of likely N-dealkylation sites (N-methyl/N-ethyl adjacent to an activating group) is 1. The Balaban J connectivity index is 3.60. The van der Waals surface area contributed by atoms with Gasteiger partial charge in [0.1, 0.15) is 6.61 Å². The molecule has 0 aromatic heterocycles. The van der Waals surface area contributed by atoms with Gasteiger partial charge in [-0.25, -0.2) is 0 Å². The minimum atomic E-state index is 0.0578. The minimum absolute atomic E-state index is 0.0578. The number of carbonyl (C=O) groups is 1. The lowest BCUT2D eigenvalue weighted by Crippen LogP contribution is -2.33. The summed E-state index contributed by atoms with van der Waals surface area (Å²) in [6.07, 6.45) is 1.11. The Hall–Kier alpha value is -0.610. The highest BCUT2D eigenvalue weighted by Crippen LogP contribution is 1.94. The molecule has 0 radical (unpaired) electrons. The molecule has 0 aromatic rings. The van der Waals surface area contributed by atoms with Gasteiger partial charge in [0.2, 0.25) is 5.91 Å². The van der Waals surface area contributed by atoms with Gasteiger partial charge in [-0.3, -0.25) is 4.79 Å². The molecule has 0 rings (SSSR count). The van der Waals surface area contributed by atoms with Crippen molar-refractivity contribution in [2.24, 2.45) is 0 Å². The Morgan fingerprint density at radius 1 is 1.20 bits per heavy atom. The summed E-state index contributed by atoms with van der Waals surface area (Å²) in [5, 5.41) is 0. The van der Waals surface area contributed by atoms with E-state index in [9.17, 15) is 4.79 Å². The van der Waals surface area contributed by atoms with Crippen LogP contribution in [0.25, 0.3) is 0 Å². The van der Waals surface area contributed by atoms with E-state index in [0.29, 0.717) is 0 Å². The Kier molecular flexibility index (Phi) is 7.34. The van der Waals surface area contributed by atoms with Crippen molar-refractivity contribution in [1.29, 1.82) is 0 Å². The summed E-state index contributed by atoms with van der Waals surface area (Å²) < 4.78 is 5.25. The van der Waals surface area contributed by atoms with Gasteiger partial charge in [0, 0.05) is 13.6 Å². The molecule has 0 saturated carbocycles. The van der Waals surface area contributed by atoms with Crippen molar-refractivity contribution in [3.05, 3.63) is 0 Å². The van der Waals surface area contributed by atoms with Crippen LogP contribution in [0, 0.1) is 0 Å². The number of rotatable bonds is 7. The summed E-state index contributed by atoms with van der Waals surface area (Å²) in [7, 11) is 5.88. The Labute approximate surface area is 93.2 Å². The lowest BCUT2D eigenvalue weighted by Gasteiger charge is -2.19. The normalized spacial score (nSPS) is 11.1. The Bertz CT molecular complexity index is 181. The minimum Gasteiger partial charge on any atom is -0.369 e. The average molecular weight is 216 g/mol. The molecule has 0 aliphatic heterocycles. The molecule has 0 aliphatic carbocycles. The molecular formula is C11H24N2O2. The van der Waals surface area contributed by atoms with Crippen LogP contribution in [0.5, 0.6) is 0 Å². The van der Waals surface area contributed by atoms with E-state index in [1.54, 1.807) is 4.90 Å². The fourth-order valence-corrected chi connectivity index (χ4v) is 1.10. The molecule has 1 amide bonds. The van der Waals surface area contributed by atoms with Gasteiger partial charge in [-0.2, -0.15) is 0 Å². The van der Waals surface area contributed by atoms with E-state index in [2.05, 4.69) is 4.90 Å². The second kappa shape index (κ2) is 7.65. The van der Waals surface area contributed by atoms with E-state index in [-0.39, 0.29) is 18.6 Å². The highest BCUT2D eigenvalue weighted by Gasteiger charge is 2.09. The van der Waals surface area contributed by atoms with Gasteiger partial charge in [0.05, 0.1) is 6.10 Å². The van der Waals surface area contributed by atoms with Crippen LogP contribution >= 0.6 is 0 Å². The van der Waals surface area contributed by atoms with Gasteiger partial charge < -0.3 is 14.5 Å². The molecular weight excluding hydrogens is 192 g/mol. The maximum Gasteiger partial charge on any atom is 0.248 e. The summed E-state index contributed by atoms with van der Waals surface area (Å²) in [6.45, 7) is 5.84. The van der Waals surface area contributed by atoms with Gasteiger partial charge in [-0.05, 0) is 40.9 Å². The van der Waals surface area contributed by atoms with E-state index >= 15 is 0 Å². The summed E-state index contributed by atoms with van der Waals surface area (Å²) in [5.41, 5.74) is 0. The fraction of sp³-hybridized carbons (Fsp3) is 0.909. The van der Waals surface area contributed by atoms with Crippen LogP contribution in [0.3, 0.4) is 0 Å². The van der Waals surface area contributed by atoms with E-state index in [1.807, 2.05) is 35.0 Å². The third-order valence-electron chi connectivity index (χ3n) is 2.06. The first kappa shape index (κ1) is 14.4. The zero-order valence-electron chi connectivity index (χ0n) is 10.6. The van der Waals surface area contributed by atoms with E-state index in [4.69, 9.17) is 4.74 Å². The molecule has 90 valence electrons. The third kappa shape index (κ3) is 8.39. The molecule has 0 saturated heterocycles. The lowest BCUT2D eigenvalue weighted by molar-refractivity contribution is -0.136. The molecule has 15 heavy (non-hydrogen) atoms. The predicted octanol–water partition coefficient (Wildman–Crippen LogP) is 0.822. The zero-order valence-corrected chi connectivity index (χ0v) is 10.6. The van der Waals surface area contributed by atoms with Crippen LogP contribution in [0.2, 0.25) is 0 Å². The molecule has 4 nitrogen and oxygen atoms in total. The molecule has 0 atom stereocenters. The smallest absolute Gasteiger partial charge is 0.248 e. The second-order valence-electron chi connectivity index (χ2n) is 4.33. The molecule has 0 aliphatic rings. The van der Waals surface area contributed by atoms with Gasteiger partial charge in [0.25, 0.3) is 0 Å². The largest absolute Gasteiger partial charge is 0.369 e. The van der Waals surface area contributed by atoms with Crippen molar-refractivity contribution in [3.8, 4) is 0 Å². The van der Waals surface area contributed by atoms with Crippen molar-refractivity contribution in [2.75, 3.05) is 40.8 Å². The zero-order chi connectivity index (χ0) is 11.8. The van der Waals surface area contributed by atoms with E-state index < -0.39 is 0 Å². The van der Waals surface area contributed by atoms with Crippen molar-refractivity contribution < 1.29 is 9.53 Å². The Morgan fingerprint density at radius 2 is 1.80 bits per heavy atom. The second-order valence-corrected chi connectivity index (χ2v) is 4.33. The topological polar surface area (TPSA) is 32.8 Å². The fourth-order valence-electron chi connectivity index (χ4n) is 1.10. The summed E-state index contributed by atoms with van der Waals surface area (Å²) in [6, 6.07) is 0. The molecule has 0 bridgehead atoms. The van der Waals surface area contributed by atoms with Crippen molar-refractivity contribution in [1.82, 2.24) is 9.80 Å². The first-order chi connectivity index (χ1) is 6.93. The number of nitrogens with zero attached hydrogens (tertiary/aromatic N) is 2. The molecule has 0 N–H and O–H groups in total. The van der Waals surface area contributed by atoms with Crippen LogP contribution in [0.15, 0.2) is 0 Å². The van der Waals surface area contributed by atoms with Crippen molar-refractivity contribution >= 4 is 5.91 Å². The molecule has 4 heteroatoms. The van der Waals surface area contributed by atoms with Crippen molar-refractivity contribution in [3.63, 3.8) is 0 Å². The van der Waals surface area contributed by atoms with Crippen LogP contribution in [0.4, 0.5) is 0 Å². The van der Waals surface area contributed by atoms with Crippen molar-refractivity contribution in [2.45, 2.75) is 26.4 Å². The molecule has 0 heterocycles. The maximum atomic E-state index is 11.5. The average Bonchev–Trinajstić information content (AvgIpc) is 2.13. The van der Waals surface area contributed by atoms with Gasteiger partial charge in [-0.15, -0.1) is 0 Å². The van der Waals surface area contributed by atoms with Gasteiger partial charge in [0.15, 0.2) is 0 Å². The van der Waals surface area contributed by atoms with Gasteiger partial charge in [-0.1, -0.05) is 0 Å². The number of carbonyl (C=O) groups excluding carboxylic acids is 1. The Morgan fingerprint density at radius 3 is 2.27 bits per heavy atom. The monoisotopic (exact) mass is 216 g/mol. The number of hydrogen-bond donors (Lipinski definition) is 0. The summed E-state index contributed by atoms with van der Waals surface area (Å²) in [4.78, 5) is 15.4. The standard InChI is InChI=1S/C11H24N2O2/c1-10(2)15-9-11(14)13(5)8-6-7-12(3)4/h10H,6-9H2,1-5H3. The SMILES string of the molecule is CC(C)OCC(=O)N(C)CCCN(C)C. The van der Waals surface area contributed by atoms with E-state index in [0.717, 1.165) is 19.5 Å². The molecule has 0 aromatic carbocycles. The van der Waals surface area contributed by atoms with Crippen LogP contribution in [-0.2, 0) is 9.53 Å². The molecule has 0 unspecified atom stereocenters. The number of hydrogen-bond acceptors (Lipinski definition) is 3. The van der Waals surface area contributed by atoms with Crippen LogP contribution in [-0.4, -0.2) is 62.7 Å². The van der Waals surface area contributed by atoms with Gasteiger partial charge >= 0.3 is 0 Å². The van der Waals surface area contributed by atoms with E-state index in [1.165, 1.54) is 0 Å². The third-order valence-corrected chi connectivity index (χ3v) is 2.06. The number of amides is 1.